The van der Waals surface area contributed by atoms with Crippen LogP contribution in [0, 0.1) is 11.3 Å². The van der Waals surface area contributed by atoms with Gasteiger partial charge in [0.15, 0.2) is 0 Å². The topological polar surface area (TPSA) is 58.4 Å². The molecule has 0 aromatic rings. The van der Waals surface area contributed by atoms with Gasteiger partial charge in [-0.05, 0) is 37.1 Å². The predicted molar refractivity (Wildman–Crippen MR) is 79.9 cm³/mol. The van der Waals surface area contributed by atoms with Crippen LogP contribution in [-0.4, -0.2) is 43.0 Å². The van der Waals surface area contributed by atoms with E-state index in [1.165, 1.54) is 12.8 Å². The first-order chi connectivity index (χ1) is 8.80. The van der Waals surface area contributed by atoms with Crippen LogP contribution < -0.4 is 11.1 Å². The molecule has 0 aromatic carbocycles. The molecule has 3 N–H and O–H groups in total. The molecule has 0 aliphatic carbocycles. The van der Waals surface area contributed by atoms with Gasteiger partial charge in [-0.15, -0.1) is 0 Å². The van der Waals surface area contributed by atoms with Crippen molar-refractivity contribution in [3.8, 4) is 0 Å². The largest absolute Gasteiger partial charge is 0.369 e. The molecule has 0 radical (unpaired) electrons. The Bertz CT molecular complexity index is 286. The van der Waals surface area contributed by atoms with Crippen molar-refractivity contribution in [3.05, 3.63) is 0 Å². The molecular formula is C15H31N3O. The molecule has 0 bridgehead atoms. The molecule has 4 nitrogen and oxygen atoms in total. The minimum atomic E-state index is -0.217. The number of piperidine rings is 1. The first-order valence-electron chi connectivity index (χ1n) is 7.54. The molecule has 1 rings (SSSR count). The number of nitrogens with one attached hydrogen (secondary N) is 1. The molecule has 0 saturated carbocycles. The monoisotopic (exact) mass is 269 g/mol. The zero-order chi connectivity index (χ0) is 14.5. The van der Waals surface area contributed by atoms with Gasteiger partial charge >= 0.3 is 0 Å². The van der Waals surface area contributed by atoms with E-state index >= 15 is 0 Å². The van der Waals surface area contributed by atoms with Gasteiger partial charge < -0.3 is 11.1 Å². The van der Waals surface area contributed by atoms with E-state index in [-0.39, 0.29) is 5.91 Å². The number of likely N-dealkylation sites (tertiary alicyclic amines) is 1. The summed E-state index contributed by atoms with van der Waals surface area (Å²) in [6, 6.07) is 0.500. The highest BCUT2D eigenvalue weighted by Crippen LogP contribution is 2.30. The average Bonchev–Trinajstić information content (AvgIpc) is 2.22. The lowest BCUT2D eigenvalue weighted by molar-refractivity contribution is -0.119. The molecule has 1 aliphatic rings. The van der Waals surface area contributed by atoms with Gasteiger partial charge in [0.1, 0.15) is 0 Å². The summed E-state index contributed by atoms with van der Waals surface area (Å²) in [7, 11) is 0. The minimum absolute atomic E-state index is 0.217. The van der Waals surface area contributed by atoms with E-state index in [1.807, 2.05) is 0 Å². The summed E-state index contributed by atoms with van der Waals surface area (Å²) < 4.78 is 0. The van der Waals surface area contributed by atoms with Gasteiger partial charge in [0.05, 0.1) is 6.54 Å². The zero-order valence-corrected chi connectivity index (χ0v) is 13.0. The van der Waals surface area contributed by atoms with E-state index < -0.39 is 0 Å². The summed E-state index contributed by atoms with van der Waals surface area (Å²) in [4.78, 5) is 13.4. The number of carbonyl (C=O) groups is 1. The molecular weight excluding hydrogens is 238 g/mol. The fourth-order valence-electron chi connectivity index (χ4n) is 3.16. The average molecular weight is 269 g/mol. The Hall–Kier alpha value is -0.610. The van der Waals surface area contributed by atoms with Crippen LogP contribution in [0.1, 0.15) is 47.0 Å². The highest BCUT2D eigenvalue weighted by Gasteiger charge is 2.30. The van der Waals surface area contributed by atoms with Crippen LogP contribution in [0.5, 0.6) is 0 Å². The molecule has 1 amide bonds. The van der Waals surface area contributed by atoms with Crippen molar-refractivity contribution in [2.24, 2.45) is 17.1 Å². The van der Waals surface area contributed by atoms with E-state index in [1.54, 1.807) is 0 Å². The Morgan fingerprint density at radius 2 is 2.05 bits per heavy atom. The summed E-state index contributed by atoms with van der Waals surface area (Å²) >= 11 is 0. The lowest BCUT2D eigenvalue weighted by Gasteiger charge is -2.40. The first-order valence-corrected chi connectivity index (χ1v) is 7.54. The van der Waals surface area contributed by atoms with Crippen LogP contribution in [0.15, 0.2) is 0 Å². The van der Waals surface area contributed by atoms with Crippen LogP contribution in [0.3, 0.4) is 0 Å². The molecule has 1 saturated heterocycles. The third-order valence-corrected chi connectivity index (χ3v) is 3.58. The van der Waals surface area contributed by atoms with Gasteiger partial charge in [0.25, 0.3) is 0 Å². The lowest BCUT2D eigenvalue weighted by atomic mass is 9.80. The third kappa shape index (κ3) is 6.92. The molecule has 0 spiro atoms. The van der Waals surface area contributed by atoms with Crippen molar-refractivity contribution in [1.29, 1.82) is 0 Å². The van der Waals surface area contributed by atoms with Crippen molar-refractivity contribution in [2.45, 2.75) is 53.0 Å². The number of amides is 1. The molecule has 2 atom stereocenters. The molecule has 19 heavy (non-hydrogen) atoms. The van der Waals surface area contributed by atoms with E-state index in [2.05, 4.69) is 37.9 Å². The second-order valence-electron chi connectivity index (χ2n) is 7.18. The van der Waals surface area contributed by atoms with E-state index in [4.69, 9.17) is 5.73 Å². The Kier molecular flexibility index (Phi) is 6.27. The summed E-state index contributed by atoms with van der Waals surface area (Å²) in [5.41, 5.74) is 5.68. The van der Waals surface area contributed by atoms with Crippen molar-refractivity contribution < 1.29 is 4.79 Å². The van der Waals surface area contributed by atoms with Gasteiger partial charge in [0.2, 0.25) is 5.91 Å². The smallest absolute Gasteiger partial charge is 0.231 e. The molecule has 1 aliphatic heterocycles. The minimum Gasteiger partial charge on any atom is -0.369 e. The summed E-state index contributed by atoms with van der Waals surface area (Å²) in [6.45, 7) is 12.4. The van der Waals surface area contributed by atoms with Crippen LogP contribution in [0.4, 0.5) is 0 Å². The van der Waals surface area contributed by atoms with Gasteiger partial charge in [-0.25, -0.2) is 0 Å². The van der Waals surface area contributed by atoms with E-state index in [0.29, 0.717) is 23.9 Å². The number of rotatable bonds is 6. The normalized spacial score (nSPS) is 25.5. The van der Waals surface area contributed by atoms with E-state index in [0.717, 1.165) is 26.1 Å². The van der Waals surface area contributed by atoms with Crippen molar-refractivity contribution >= 4 is 5.91 Å². The molecule has 1 heterocycles. The highest BCUT2D eigenvalue weighted by molar-refractivity contribution is 5.75. The molecule has 112 valence electrons. The Morgan fingerprint density at radius 1 is 1.37 bits per heavy atom. The molecule has 0 aromatic heterocycles. The van der Waals surface area contributed by atoms with E-state index in [9.17, 15) is 4.79 Å². The van der Waals surface area contributed by atoms with Crippen molar-refractivity contribution in [2.75, 3.05) is 26.2 Å². The lowest BCUT2D eigenvalue weighted by Crippen LogP contribution is -2.51. The second-order valence-corrected chi connectivity index (χ2v) is 7.18. The van der Waals surface area contributed by atoms with Crippen LogP contribution >= 0.6 is 0 Å². The maximum Gasteiger partial charge on any atom is 0.231 e. The number of hydrogen-bond donors (Lipinski definition) is 2. The Labute approximate surface area is 118 Å². The third-order valence-electron chi connectivity index (χ3n) is 3.58. The Balaban J connectivity index is 2.57. The zero-order valence-electron chi connectivity index (χ0n) is 13.0. The fraction of sp³-hybridized carbons (Fsp3) is 0.933. The Morgan fingerprint density at radius 3 is 2.58 bits per heavy atom. The quantitative estimate of drug-likeness (QED) is 0.770. The number of hydrogen-bond acceptors (Lipinski definition) is 3. The van der Waals surface area contributed by atoms with Crippen LogP contribution in [0.25, 0.3) is 0 Å². The van der Waals surface area contributed by atoms with Gasteiger partial charge in [0, 0.05) is 19.1 Å². The standard InChI is InChI=1S/C15H31N3O/c1-5-6-17-13-7-12(8-15(2,3)4)9-18(10-13)11-14(16)19/h12-13,17H,5-11H2,1-4H3,(H2,16,19). The summed E-state index contributed by atoms with van der Waals surface area (Å²) in [6.07, 6.45) is 3.56. The number of primary amides is 1. The molecule has 4 heteroatoms. The maximum absolute atomic E-state index is 11.1. The number of nitrogens with zero attached hydrogens (tertiary/aromatic N) is 1. The molecule has 1 fully saturated rings. The van der Waals surface area contributed by atoms with Crippen LogP contribution in [0.2, 0.25) is 0 Å². The molecule has 2 unspecified atom stereocenters. The van der Waals surface area contributed by atoms with Crippen molar-refractivity contribution in [3.63, 3.8) is 0 Å². The highest BCUT2D eigenvalue weighted by atomic mass is 16.1. The van der Waals surface area contributed by atoms with Crippen LogP contribution in [-0.2, 0) is 4.79 Å². The van der Waals surface area contributed by atoms with Gasteiger partial charge in [-0.2, -0.15) is 0 Å². The number of carbonyl (C=O) groups excluding carboxylic acids is 1. The van der Waals surface area contributed by atoms with Gasteiger partial charge in [-0.1, -0.05) is 27.7 Å². The SMILES string of the molecule is CCCNC1CC(CC(C)(C)C)CN(CC(N)=O)C1. The first kappa shape index (κ1) is 16.4. The fourth-order valence-corrected chi connectivity index (χ4v) is 3.16. The number of nitrogens with two attached hydrogens (primary N) is 1. The van der Waals surface area contributed by atoms with Gasteiger partial charge in [-0.3, -0.25) is 9.69 Å². The van der Waals surface area contributed by atoms with Crippen molar-refractivity contribution in [1.82, 2.24) is 10.2 Å². The summed E-state index contributed by atoms with van der Waals surface area (Å²) in [5, 5.41) is 3.60. The maximum atomic E-state index is 11.1. The second kappa shape index (κ2) is 7.25. The summed E-state index contributed by atoms with van der Waals surface area (Å²) in [5.74, 6) is 0.438. The predicted octanol–water partition coefficient (Wildman–Crippen LogP) is 1.60.